The summed E-state index contributed by atoms with van der Waals surface area (Å²) in [6.45, 7) is 2.60. The largest absolute Gasteiger partial charge is 0.465 e. The molecule has 1 unspecified atom stereocenters. The Balaban J connectivity index is 0.00000192. The van der Waals surface area contributed by atoms with Crippen LogP contribution in [-0.4, -0.2) is 42.2 Å². The zero-order valence-electron chi connectivity index (χ0n) is 14.0. The number of nitrogens with zero attached hydrogens (tertiary/aromatic N) is 2. The van der Waals surface area contributed by atoms with Crippen molar-refractivity contribution >= 4 is 29.3 Å². The molecule has 23 heavy (non-hydrogen) atoms. The second kappa shape index (κ2) is 7.37. The zero-order chi connectivity index (χ0) is 15.7. The first kappa shape index (κ1) is 17.8. The summed E-state index contributed by atoms with van der Waals surface area (Å²) in [6.07, 6.45) is 3.21. The van der Waals surface area contributed by atoms with Gasteiger partial charge >= 0.3 is 5.97 Å². The number of ether oxygens (including phenoxy) is 1. The predicted octanol–water partition coefficient (Wildman–Crippen LogP) is 3.05. The first-order valence-electron chi connectivity index (χ1n) is 8.02. The summed E-state index contributed by atoms with van der Waals surface area (Å²) < 4.78 is 7.31. The number of esters is 1. The highest BCUT2D eigenvalue weighted by atomic mass is 35.5. The molecule has 0 spiro atoms. The van der Waals surface area contributed by atoms with E-state index in [4.69, 9.17) is 4.74 Å². The van der Waals surface area contributed by atoms with Crippen LogP contribution in [0.1, 0.15) is 24.6 Å². The van der Waals surface area contributed by atoms with Crippen molar-refractivity contribution in [3.05, 3.63) is 35.5 Å². The van der Waals surface area contributed by atoms with E-state index in [1.54, 1.807) is 0 Å². The molecular formula is C18H25ClN2O2. The van der Waals surface area contributed by atoms with Gasteiger partial charge in [0.1, 0.15) is 6.54 Å². The first-order chi connectivity index (χ1) is 10.6. The van der Waals surface area contributed by atoms with Gasteiger partial charge in [0, 0.05) is 22.6 Å². The van der Waals surface area contributed by atoms with E-state index in [9.17, 15) is 4.79 Å². The monoisotopic (exact) mass is 336 g/mol. The molecule has 0 fully saturated rings. The lowest BCUT2D eigenvalue weighted by Crippen LogP contribution is -2.34. The van der Waals surface area contributed by atoms with E-state index in [2.05, 4.69) is 41.8 Å². The van der Waals surface area contributed by atoms with Crippen molar-refractivity contribution in [1.82, 2.24) is 9.47 Å². The highest BCUT2D eigenvalue weighted by molar-refractivity contribution is 5.87. The molecule has 1 heterocycles. The van der Waals surface area contributed by atoms with E-state index in [0.717, 1.165) is 24.8 Å². The maximum absolute atomic E-state index is 12.0. The van der Waals surface area contributed by atoms with Crippen LogP contribution in [0.2, 0.25) is 0 Å². The molecule has 0 radical (unpaired) electrons. The summed E-state index contributed by atoms with van der Waals surface area (Å²) in [6, 6.07) is 8.98. The highest BCUT2D eigenvalue weighted by Gasteiger charge is 2.26. The van der Waals surface area contributed by atoms with Crippen molar-refractivity contribution in [3.8, 4) is 0 Å². The van der Waals surface area contributed by atoms with Crippen molar-refractivity contribution in [2.45, 2.75) is 38.8 Å². The van der Waals surface area contributed by atoms with Crippen molar-refractivity contribution in [2.75, 3.05) is 20.7 Å². The van der Waals surface area contributed by atoms with Crippen molar-refractivity contribution in [1.29, 1.82) is 0 Å². The van der Waals surface area contributed by atoms with Crippen LogP contribution in [0, 0.1) is 0 Å². The number of benzene rings is 1. The fraction of sp³-hybridized carbons (Fsp3) is 0.500. The molecule has 1 atom stereocenters. The molecule has 1 aliphatic carbocycles. The minimum atomic E-state index is -0.152. The molecule has 2 aromatic rings. The van der Waals surface area contributed by atoms with E-state index in [1.165, 1.54) is 16.6 Å². The molecule has 0 amide bonds. The number of carbonyl (C=O) groups is 1. The number of hydrogen-bond donors (Lipinski definition) is 0. The standard InChI is InChI=1S/C18H24N2O2.ClH/c1-4-22-18(21)12-20-16-8-6-5-7-14(16)15-11-13(19(2)3)9-10-17(15)20;/h5-8,13H,4,9-12H2,1-3H3;1H. The van der Waals surface area contributed by atoms with Gasteiger partial charge in [-0.1, -0.05) is 18.2 Å². The normalized spacial score (nSPS) is 17.0. The number of fused-ring (bicyclic) bond motifs is 3. The molecule has 4 nitrogen and oxygen atoms in total. The van der Waals surface area contributed by atoms with Gasteiger partial charge in [0.2, 0.25) is 0 Å². The lowest BCUT2D eigenvalue weighted by molar-refractivity contribution is -0.143. The second-order valence-corrected chi connectivity index (χ2v) is 6.19. The summed E-state index contributed by atoms with van der Waals surface area (Å²) >= 11 is 0. The van der Waals surface area contributed by atoms with Gasteiger partial charge in [-0.25, -0.2) is 0 Å². The summed E-state index contributed by atoms with van der Waals surface area (Å²) in [5.41, 5.74) is 3.87. The molecule has 0 saturated heterocycles. The Hall–Kier alpha value is -1.52. The lowest BCUT2D eigenvalue weighted by Gasteiger charge is -2.29. The fourth-order valence-corrected chi connectivity index (χ4v) is 3.54. The van der Waals surface area contributed by atoms with E-state index in [1.807, 2.05) is 13.0 Å². The van der Waals surface area contributed by atoms with Crippen molar-refractivity contribution < 1.29 is 9.53 Å². The Morgan fingerprint density at radius 3 is 2.78 bits per heavy atom. The van der Waals surface area contributed by atoms with E-state index in [0.29, 0.717) is 19.2 Å². The van der Waals surface area contributed by atoms with Crippen LogP contribution in [0.5, 0.6) is 0 Å². The van der Waals surface area contributed by atoms with E-state index >= 15 is 0 Å². The Labute approximate surface area is 143 Å². The van der Waals surface area contributed by atoms with Gasteiger partial charge < -0.3 is 14.2 Å². The molecular weight excluding hydrogens is 312 g/mol. The Morgan fingerprint density at radius 2 is 2.09 bits per heavy atom. The molecule has 0 bridgehead atoms. The quantitative estimate of drug-likeness (QED) is 0.805. The number of carbonyl (C=O) groups excluding carboxylic acids is 1. The van der Waals surface area contributed by atoms with E-state index < -0.39 is 0 Å². The lowest BCUT2D eigenvalue weighted by atomic mass is 9.91. The maximum atomic E-state index is 12.0. The van der Waals surface area contributed by atoms with Gasteiger partial charge in [0.15, 0.2) is 0 Å². The van der Waals surface area contributed by atoms with Crippen LogP contribution in [0.4, 0.5) is 0 Å². The van der Waals surface area contributed by atoms with Gasteiger partial charge in [-0.15, -0.1) is 12.4 Å². The summed E-state index contributed by atoms with van der Waals surface area (Å²) in [5, 5.41) is 1.29. The average Bonchev–Trinajstić information content (AvgIpc) is 2.81. The van der Waals surface area contributed by atoms with E-state index in [-0.39, 0.29) is 18.4 Å². The Morgan fingerprint density at radius 1 is 1.35 bits per heavy atom. The maximum Gasteiger partial charge on any atom is 0.325 e. The number of aromatic nitrogens is 1. The van der Waals surface area contributed by atoms with Crippen LogP contribution in [-0.2, 0) is 28.9 Å². The first-order valence-corrected chi connectivity index (χ1v) is 8.02. The van der Waals surface area contributed by atoms with Crippen molar-refractivity contribution in [3.63, 3.8) is 0 Å². The van der Waals surface area contributed by atoms with Gasteiger partial charge in [-0.3, -0.25) is 4.79 Å². The number of halogens is 1. The molecule has 0 N–H and O–H groups in total. The van der Waals surface area contributed by atoms with Crippen LogP contribution >= 0.6 is 12.4 Å². The minimum absolute atomic E-state index is 0. The second-order valence-electron chi connectivity index (χ2n) is 6.19. The van der Waals surface area contributed by atoms with Crippen LogP contribution < -0.4 is 0 Å². The van der Waals surface area contributed by atoms with Gasteiger partial charge in [-0.05, 0) is 51.9 Å². The average molecular weight is 337 g/mol. The van der Waals surface area contributed by atoms with Gasteiger partial charge in [0.05, 0.1) is 6.61 Å². The third kappa shape index (κ3) is 3.38. The zero-order valence-corrected chi connectivity index (χ0v) is 14.9. The highest BCUT2D eigenvalue weighted by Crippen LogP contribution is 2.33. The molecule has 1 aromatic heterocycles. The fourth-order valence-electron chi connectivity index (χ4n) is 3.54. The summed E-state index contributed by atoms with van der Waals surface area (Å²) in [7, 11) is 4.29. The third-order valence-corrected chi connectivity index (χ3v) is 4.67. The smallest absolute Gasteiger partial charge is 0.325 e. The molecule has 3 rings (SSSR count). The molecule has 126 valence electrons. The molecule has 5 heteroatoms. The van der Waals surface area contributed by atoms with Crippen LogP contribution in [0.15, 0.2) is 24.3 Å². The van der Waals surface area contributed by atoms with Gasteiger partial charge in [-0.2, -0.15) is 0 Å². The topological polar surface area (TPSA) is 34.5 Å². The number of likely N-dealkylation sites (N-methyl/N-ethyl adjacent to an activating group) is 1. The molecule has 0 aliphatic heterocycles. The van der Waals surface area contributed by atoms with Crippen LogP contribution in [0.3, 0.4) is 0 Å². The Bertz CT molecular complexity index is 694. The molecule has 0 saturated carbocycles. The number of rotatable bonds is 4. The summed E-state index contributed by atoms with van der Waals surface area (Å²) in [5.74, 6) is -0.152. The Kier molecular flexibility index (Phi) is 5.71. The van der Waals surface area contributed by atoms with Crippen molar-refractivity contribution in [2.24, 2.45) is 0 Å². The van der Waals surface area contributed by atoms with Crippen LogP contribution in [0.25, 0.3) is 10.9 Å². The third-order valence-electron chi connectivity index (χ3n) is 4.67. The SMILES string of the molecule is CCOC(=O)Cn1c2c(c3ccccc31)CC(N(C)C)CC2.Cl. The molecule has 1 aromatic carbocycles. The molecule has 1 aliphatic rings. The van der Waals surface area contributed by atoms with Gasteiger partial charge in [0.25, 0.3) is 0 Å². The predicted molar refractivity (Wildman–Crippen MR) is 95.3 cm³/mol. The number of para-hydroxylation sites is 1. The summed E-state index contributed by atoms with van der Waals surface area (Å²) in [4.78, 5) is 14.3. The number of hydrogen-bond acceptors (Lipinski definition) is 3. The minimum Gasteiger partial charge on any atom is -0.465 e.